The number of carbonyl (C=O) groups excluding carboxylic acids is 1. The molecule has 4 rings (SSSR count). The molecular weight excluding hydrogens is 394 g/mol. The van der Waals surface area contributed by atoms with Crippen molar-refractivity contribution in [3.8, 4) is 11.5 Å². The molecular formula is C20H21N3O5S. The normalized spacial score (nSPS) is 15.6. The van der Waals surface area contributed by atoms with E-state index < -0.39 is 10.0 Å². The van der Waals surface area contributed by atoms with E-state index >= 15 is 0 Å². The third kappa shape index (κ3) is 3.77. The van der Waals surface area contributed by atoms with Crippen molar-refractivity contribution < 1.29 is 22.7 Å². The van der Waals surface area contributed by atoms with Gasteiger partial charge in [0.05, 0.1) is 0 Å². The first-order valence-corrected chi connectivity index (χ1v) is 10.6. The third-order valence-electron chi connectivity index (χ3n) is 4.87. The number of nitrogens with one attached hydrogen (secondary N) is 1. The minimum absolute atomic E-state index is 0.123. The van der Waals surface area contributed by atoms with Crippen LogP contribution in [-0.4, -0.2) is 45.4 Å². The lowest BCUT2D eigenvalue weighted by Crippen LogP contribution is -2.28. The summed E-state index contributed by atoms with van der Waals surface area (Å²) in [6.45, 7) is 2.57. The number of rotatable bonds is 5. The fourth-order valence-electron chi connectivity index (χ4n) is 3.34. The van der Waals surface area contributed by atoms with Crippen LogP contribution in [0.2, 0.25) is 0 Å². The van der Waals surface area contributed by atoms with Crippen LogP contribution in [0, 0.1) is 6.92 Å². The number of nitrogens with zero attached hydrogens (tertiary/aromatic N) is 2. The highest BCUT2D eigenvalue weighted by Crippen LogP contribution is 2.36. The van der Waals surface area contributed by atoms with E-state index in [0.29, 0.717) is 48.0 Å². The summed E-state index contributed by atoms with van der Waals surface area (Å²) in [6, 6.07) is 10.3. The van der Waals surface area contributed by atoms with Crippen molar-refractivity contribution in [2.24, 2.45) is 4.40 Å². The molecule has 1 N–H and O–H groups in total. The topological polar surface area (TPSA) is 97.3 Å². The molecule has 2 aromatic carbocycles. The average molecular weight is 415 g/mol. The van der Waals surface area contributed by atoms with Crippen molar-refractivity contribution in [1.82, 2.24) is 4.90 Å². The fourth-order valence-corrected chi connectivity index (χ4v) is 4.59. The van der Waals surface area contributed by atoms with Gasteiger partial charge >= 0.3 is 0 Å². The van der Waals surface area contributed by atoms with E-state index in [1.807, 2.05) is 13.0 Å². The van der Waals surface area contributed by atoms with Gasteiger partial charge in [0.1, 0.15) is 10.7 Å². The van der Waals surface area contributed by atoms with Gasteiger partial charge in [0.25, 0.3) is 10.0 Å². The summed E-state index contributed by atoms with van der Waals surface area (Å²) in [6.07, 6.45) is 0.840. The van der Waals surface area contributed by atoms with Crippen molar-refractivity contribution in [1.29, 1.82) is 0 Å². The zero-order chi connectivity index (χ0) is 20.6. The lowest BCUT2D eigenvalue weighted by molar-refractivity contribution is -0.116. The van der Waals surface area contributed by atoms with Gasteiger partial charge in [-0.15, -0.1) is 4.40 Å². The molecule has 152 valence electrons. The SMILES string of the molecule is Cc1cc2c(cc1NC(=O)CCCN(C)C1=NS(=O)(=O)c3ccccc31)OCO2. The highest BCUT2D eigenvalue weighted by molar-refractivity contribution is 7.90. The summed E-state index contributed by atoms with van der Waals surface area (Å²) in [5.41, 5.74) is 2.17. The van der Waals surface area contributed by atoms with Crippen LogP contribution >= 0.6 is 0 Å². The zero-order valence-corrected chi connectivity index (χ0v) is 17.0. The molecule has 0 atom stereocenters. The van der Waals surface area contributed by atoms with Gasteiger partial charge in [0.2, 0.25) is 12.7 Å². The van der Waals surface area contributed by atoms with E-state index in [4.69, 9.17) is 9.47 Å². The predicted octanol–water partition coefficient (Wildman–Crippen LogP) is 2.52. The van der Waals surface area contributed by atoms with Crippen LogP contribution in [0.15, 0.2) is 45.7 Å². The van der Waals surface area contributed by atoms with Crippen LogP contribution in [0.4, 0.5) is 5.69 Å². The maximum absolute atomic E-state index is 12.3. The van der Waals surface area contributed by atoms with Gasteiger partial charge in [-0.2, -0.15) is 8.42 Å². The van der Waals surface area contributed by atoms with Gasteiger partial charge in [-0.25, -0.2) is 0 Å². The molecule has 8 nitrogen and oxygen atoms in total. The quantitative estimate of drug-likeness (QED) is 0.806. The number of amidine groups is 1. The molecule has 0 fully saturated rings. The number of fused-ring (bicyclic) bond motifs is 2. The Hall–Kier alpha value is -3.07. The van der Waals surface area contributed by atoms with Crippen LogP contribution in [0.3, 0.4) is 0 Å². The van der Waals surface area contributed by atoms with Crippen LogP contribution in [0.5, 0.6) is 11.5 Å². The van der Waals surface area contributed by atoms with Crippen LogP contribution in [-0.2, 0) is 14.8 Å². The maximum atomic E-state index is 12.3. The van der Waals surface area contributed by atoms with Gasteiger partial charge in [-0.1, -0.05) is 12.1 Å². The van der Waals surface area contributed by atoms with Gasteiger partial charge in [0, 0.05) is 37.3 Å². The van der Waals surface area contributed by atoms with Crippen molar-refractivity contribution in [2.45, 2.75) is 24.7 Å². The van der Waals surface area contributed by atoms with E-state index in [9.17, 15) is 13.2 Å². The molecule has 1 amide bonds. The first kappa shape index (κ1) is 19.3. The number of benzene rings is 2. The second kappa shape index (κ2) is 7.40. The molecule has 0 spiro atoms. The van der Waals surface area contributed by atoms with Gasteiger partial charge in [-0.05, 0) is 37.1 Å². The van der Waals surface area contributed by atoms with Crippen LogP contribution in [0.25, 0.3) is 0 Å². The first-order valence-electron chi connectivity index (χ1n) is 9.21. The van der Waals surface area contributed by atoms with Crippen molar-refractivity contribution in [3.63, 3.8) is 0 Å². The van der Waals surface area contributed by atoms with Crippen LogP contribution in [0.1, 0.15) is 24.0 Å². The molecule has 2 aliphatic rings. The summed E-state index contributed by atoms with van der Waals surface area (Å²) < 4.78 is 38.9. The number of hydrogen-bond donors (Lipinski definition) is 1. The minimum Gasteiger partial charge on any atom is -0.454 e. The van der Waals surface area contributed by atoms with E-state index in [1.54, 1.807) is 42.3 Å². The van der Waals surface area contributed by atoms with E-state index in [0.717, 1.165) is 5.56 Å². The zero-order valence-electron chi connectivity index (χ0n) is 16.1. The van der Waals surface area contributed by atoms with Crippen molar-refractivity contribution in [3.05, 3.63) is 47.5 Å². The maximum Gasteiger partial charge on any atom is 0.285 e. The summed E-state index contributed by atoms with van der Waals surface area (Å²) in [7, 11) is -1.87. The Bertz CT molecular complexity index is 1110. The highest BCUT2D eigenvalue weighted by Gasteiger charge is 2.30. The second-order valence-corrected chi connectivity index (χ2v) is 8.55. The standard InChI is InChI=1S/C20H21N3O5S/c1-13-10-16-17(28-12-27-16)11-15(13)21-19(24)8-5-9-23(2)20-14-6-3-4-7-18(14)29(25,26)22-20/h3-4,6-7,10-11H,5,8-9,12H2,1-2H3,(H,21,24). The molecule has 9 heteroatoms. The lowest BCUT2D eigenvalue weighted by atomic mass is 10.1. The molecule has 2 aliphatic heterocycles. The molecule has 0 saturated heterocycles. The Morgan fingerprint density at radius 3 is 2.72 bits per heavy atom. The van der Waals surface area contributed by atoms with Crippen molar-refractivity contribution >= 4 is 27.5 Å². The summed E-state index contributed by atoms with van der Waals surface area (Å²) in [5, 5.41) is 2.89. The first-order chi connectivity index (χ1) is 13.8. The number of hydrogen-bond acceptors (Lipinski definition) is 6. The summed E-state index contributed by atoms with van der Waals surface area (Å²) in [5.74, 6) is 1.58. The van der Waals surface area contributed by atoms with Gasteiger partial charge in [0.15, 0.2) is 11.5 Å². The number of anilines is 1. The molecule has 0 bridgehead atoms. The number of aryl methyl sites for hydroxylation is 1. The third-order valence-corrected chi connectivity index (χ3v) is 6.19. The molecule has 0 aromatic heterocycles. The number of ether oxygens (including phenoxy) is 2. The molecule has 2 aromatic rings. The van der Waals surface area contributed by atoms with E-state index in [-0.39, 0.29) is 17.6 Å². The Balaban J connectivity index is 1.34. The Morgan fingerprint density at radius 1 is 1.21 bits per heavy atom. The highest BCUT2D eigenvalue weighted by atomic mass is 32.2. The minimum atomic E-state index is -3.65. The molecule has 0 aliphatic carbocycles. The predicted molar refractivity (Wildman–Crippen MR) is 108 cm³/mol. The molecule has 29 heavy (non-hydrogen) atoms. The number of sulfonamides is 1. The molecule has 2 heterocycles. The van der Waals surface area contributed by atoms with Gasteiger partial charge < -0.3 is 19.7 Å². The Morgan fingerprint density at radius 2 is 1.93 bits per heavy atom. The Labute approximate surface area is 169 Å². The molecule has 0 radical (unpaired) electrons. The number of carbonyl (C=O) groups is 1. The smallest absolute Gasteiger partial charge is 0.285 e. The fraction of sp³-hybridized carbons (Fsp3) is 0.300. The summed E-state index contributed by atoms with van der Waals surface area (Å²) >= 11 is 0. The van der Waals surface area contributed by atoms with Crippen molar-refractivity contribution in [2.75, 3.05) is 25.7 Å². The van der Waals surface area contributed by atoms with E-state index in [2.05, 4.69) is 9.71 Å². The average Bonchev–Trinajstić information content (AvgIpc) is 3.24. The van der Waals surface area contributed by atoms with E-state index in [1.165, 1.54) is 0 Å². The molecule has 0 unspecified atom stereocenters. The van der Waals surface area contributed by atoms with Crippen LogP contribution < -0.4 is 14.8 Å². The lowest BCUT2D eigenvalue weighted by Gasteiger charge is -2.18. The monoisotopic (exact) mass is 415 g/mol. The summed E-state index contributed by atoms with van der Waals surface area (Å²) in [4.78, 5) is 14.3. The number of amides is 1. The second-order valence-electron chi connectivity index (χ2n) is 6.98. The largest absolute Gasteiger partial charge is 0.454 e. The van der Waals surface area contributed by atoms with Gasteiger partial charge in [-0.3, -0.25) is 4.79 Å². The Kier molecular flexibility index (Phi) is 4.91. The molecule has 0 saturated carbocycles.